The first kappa shape index (κ1) is 21.6. The van der Waals surface area contributed by atoms with Crippen molar-refractivity contribution in [3.05, 3.63) is 40.9 Å². The van der Waals surface area contributed by atoms with Gasteiger partial charge in [0.25, 0.3) is 0 Å². The first-order valence-electron chi connectivity index (χ1n) is 10.8. The summed E-state index contributed by atoms with van der Waals surface area (Å²) in [7, 11) is 0. The predicted octanol–water partition coefficient (Wildman–Crippen LogP) is 6.02. The lowest BCUT2D eigenvalue weighted by atomic mass is 9.88. The van der Waals surface area contributed by atoms with Crippen molar-refractivity contribution in [2.45, 2.75) is 46.0 Å². The fourth-order valence-electron chi connectivity index (χ4n) is 3.69. The molecule has 1 fully saturated rings. The van der Waals surface area contributed by atoms with Gasteiger partial charge in [-0.3, -0.25) is 4.79 Å². The average Bonchev–Trinajstić information content (AvgIpc) is 3.44. The van der Waals surface area contributed by atoms with Gasteiger partial charge in [-0.25, -0.2) is 4.63 Å². The molecule has 0 aliphatic heterocycles. The number of nitrogens with zero attached hydrogens (tertiary/aromatic N) is 2. The molecule has 0 spiro atoms. The van der Waals surface area contributed by atoms with Gasteiger partial charge in [0.2, 0.25) is 0 Å². The first-order valence-corrected chi connectivity index (χ1v) is 11.2. The lowest BCUT2D eigenvalue weighted by Gasteiger charge is -2.21. The van der Waals surface area contributed by atoms with Crippen LogP contribution in [-0.4, -0.2) is 29.5 Å². The average molecular weight is 443 g/mol. The van der Waals surface area contributed by atoms with Crippen LogP contribution < -0.4 is 4.74 Å². The molecule has 1 aliphatic carbocycles. The molecule has 6 nitrogen and oxygen atoms in total. The van der Waals surface area contributed by atoms with E-state index in [1.807, 2.05) is 37.3 Å². The van der Waals surface area contributed by atoms with Crippen LogP contribution in [0.5, 0.6) is 5.75 Å². The highest BCUT2D eigenvalue weighted by Gasteiger charge is 2.27. The molecule has 1 saturated carbocycles. The highest BCUT2D eigenvalue weighted by atomic mass is 35.5. The summed E-state index contributed by atoms with van der Waals surface area (Å²) in [4.78, 5) is 12.8. The molecule has 0 N–H and O–H groups in total. The van der Waals surface area contributed by atoms with Crippen LogP contribution >= 0.6 is 11.6 Å². The van der Waals surface area contributed by atoms with E-state index >= 15 is 0 Å². The van der Waals surface area contributed by atoms with E-state index in [0.29, 0.717) is 53.3 Å². The topological polar surface area (TPSA) is 74.5 Å². The van der Waals surface area contributed by atoms with Gasteiger partial charge >= 0.3 is 5.97 Å². The van der Waals surface area contributed by atoms with Crippen LogP contribution in [0.4, 0.5) is 0 Å². The zero-order chi connectivity index (χ0) is 22.0. The summed E-state index contributed by atoms with van der Waals surface area (Å²) >= 11 is 6.72. The molecule has 7 heteroatoms. The van der Waals surface area contributed by atoms with Gasteiger partial charge in [-0.15, -0.1) is 0 Å². The second-order valence-electron chi connectivity index (χ2n) is 8.54. The van der Waals surface area contributed by atoms with E-state index in [1.165, 1.54) is 12.8 Å². The first-order chi connectivity index (χ1) is 15.0. The van der Waals surface area contributed by atoms with Gasteiger partial charge < -0.3 is 9.47 Å². The fourth-order valence-corrected chi connectivity index (χ4v) is 3.98. The third-order valence-corrected chi connectivity index (χ3v) is 5.75. The zero-order valence-electron chi connectivity index (χ0n) is 18.1. The number of ether oxygens (including phenoxy) is 2. The second-order valence-corrected chi connectivity index (χ2v) is 8.94. The lowest BCUT2D eigenvalue weighted by Crippen LogP contribution is -2.18. The van der Waals surface area contributed by atoms with Gasteiger partial charge in [0, 0.05) is 5.56 Å². The number of aromatic nitrogens is 2. The molecule has 1 unspecified atom stereocenters. The number of carbonyl (C=O) groups excluding carboxylic acids is 1. The van der Waals surface area contributed by atoms with Crippen molar-refractivity contribution < 1.29 is 18.9 Å². The van der Waals surface area contributed by atoms with Gasteiger partial charge in [0.05, 0.1) is 24.2 Å². The summed E-state index contributed by atoms with van der Waals surface area (Å²) in [6, 6.07) is 9.52. The van der Waals surface area contributed by atoms with Crippen LogP contribution in [0.3, 0.4) is 0 Å². The Morgan fingerprint density at radius 3 is 2.68 bits per heavy atom. The maximum atomic E-state index is 12.8. The standard InChI is InChI=1S/C24H27ClN2O4/c1-4-29-24(28)19(9-14(2)3)17-10-18(16-7-8-21-22(12-16)27-31-26-21)23(20(25)11-17)30-13-15-5-6-15/h7-8,10-12,14-15,19H,4-6,9,13H2,1-3H3. The number of hydrogen-bond acceptors (Lipinski definition) is 6. The number of rotatable bonds is 9. The van der Waals surface area contributed by atoms with Gasteiger partial charge in [0.1, 0.15) is 16.8 Å². The Kier molecular flexibility index (Phi) is 6.46. The van der Waals surface area contributed by atoms with E-state index in [4.69, 9.17) is 25.7 Å². The summed E-state index contributed by atoms with van der Waals surface area (Å²) in [5, 5.41) is 8.33. The molecule has 31 heavy (non-hydrogen) atoms. The number of fused-ring (bicyclic) bond motifs is 1. The minimum Gasteiger partial charge on any atom is -0.491 e. The van der Waals surface area contributed by atoms with E-state index in [1.54, 1.807) is 0 Å². The van der Waals surface area contributed by atoms with Crippen molar-refractivity contribution in [1.82, 2.24) is 10.3 Å². The summed E-state index contributed by atoms with van der Waals surface area (Å²) in [5.41, 5.74) is 3.85. The van der Waals surface area contributed by atoms with Crippen LogP contribution in [-0.2, 0) is 9.53 Å². The molecule has 1 atom stereocenters. The smallest absolute Gasteiger partial charge is 0.313 e. The fraction of sp³-hybridized carbons (Fsp3) is 0.458. The largest absolute Gasteiger partial charge is 0.491 e. The molecule has 164 valence electrons. The Bertz CT molecular complexity index is 1070. The van der Waals surface area contributed by atoms with E-state index < -0.39 is 5.92 Å². The number of esters is 1. The summed E-state index contributed by atoms with van der Waals surface area (Å²) in [6.45, 7) is 6.97. The highest BCUT2D eigenvalue weighted by molar-refractivity contribution is 6.32. The van der Waals surface area contributed by atoms with Crippen molar-refractivity contribution in [3.8, 4) is 16.9 Å². The summed E-state index contributed by atoms with van der Waals surface area (Å²) < 4.78 is 16.4. The van der Waals surface area contributed by atoms with Gasteiger partial charge in [0.15, 0.2) is 0 Å². The van der Waals surface area contributed by atoms with Crippen molar-refractivity contribution in [1.29, 1.82) is 0 Å². The molecule has 2 aromatic carbocycles. The monoisotopic (exact) mass is 442 g/mol. The highest BCUT2D eigenvalue weighted by Crippen LogP contribution is 2.42. The zero-order valence-corrected chi connectivity index (χ0v) is 18.8. The van der Waals surface area contributed by atoms with Gasteiger partial charge in [-0.05, 0) is 83.7 Å². The quantitative estimate of drug-likeness (QED) is 0.377. The van der Waals surface area contributed by atoms with Gasteiger partial charge in [-0.1, -0.05) is 31.5 Å². The molecule has 0 bridgehead atoms. The molecule has 0 saturated heterocycles. The molecule has 0 radical (unpaired) electrons. The Hall–Kier alpha value is -2.60. The third kappa shape index (κ3) is 5.01. The van der Waals surface area contributed by atoms with E-state index in [0.717, 1.165) is 16.7 Å². The molecule has 1 heterocycles. The number of benzene rings is 2. The van der Waals surface area contributed by atoms with Crippen LogP contribution in [0.15, 0.2) is 35.0 Å². The second kappa shape index (κ2) is 9.27. The van der Waals surface area contributed by atoms with Crippen molar-refractivity contribution in [2.75, 3.05) is 13.2 Å². The Balaban J connectivity index is 1.80. The maximum absolute atomic E-state index is 12.8. The van der Waals surface area contributed by atoms with Crippen LogP contribution in [0.2, 0.25) is 5.02 Å². The molecule has 4 rings (SSSR count). The van der Waals surface area contributed by atoms with Crippen molar-refractivity contribution in [2.24, 2.45) is 11.8 Å². The Morgan fingerprint density at radius 2 is 1.97 bits per heavy atom. The summed E-state index contributed by atoms with van der Waals surface area (Å²) in [5.74, 6) is 0.895. The Morgan fingerprint density at radius 1 is 1.19 bits per heavy atom. The molecule has 1 aliphatic rings. The SMILES string of the molecule is CCOC(=O)C(CC(C)C)c1cc(Cl)c(OCC2CC2)c(-c2ccc3nonc3c2)c1. The maximum Gasteiger partial charge on any atom is 0.313 e. The minimum atomic E-state index is -0.397. The number of carbonyl (C=O) groups is 1. The number of hydrogen-bond donors (Lipinski definition) is 0. The minimum absolute atomic E-state index is 0.235. The summed E-state index contributed by atoms with van der Waals surface area (Å²) in [6.07, 6.45) is 3.03. The van der Waals surface area contributed by atoms with E-state index in [-0.39, 0.29) is 5.97 Å². The molecular weight excluding hydrogens is 416 g/mol. The van der Waals surface area contributed by atoms with E-state index in [9.17, 15) is 4.79 Å². The predicted molar refractivity (Wildman–Crippen MR) is 119 cm³/mol. The molecular formula is C24H27ClN2O4. The van der Waals surface area contributed by atoms with E-state index in [2.05, 4.69) is 24.2 Å². The van der Waals surface area contributed by atoms with Crippen molar-refractivity contribution in [3.63, 3.8) is 0 Å². The van der Waals surface area contributed by atoms with Crippen LogP contribution in [0.25, 0.3) is 22.2 Å². The molecule has 1 aromatic heterocycles. The third-order valence-electron chi connectivity index (χ3n) is 5.47. The Labute approximate surface area is 186 Å². The van der Waals surface area contributed by atoms with Crippen LogP contribution in [0, 0.1) is 11.8 Å². The normalized spacial score (nSPS) is 14.7. The van der Waals surface area contributed by atoms with Crippen molar-refractivity contribution >= 4 is 28.6 Å². The molecule has 3 aromatic rings. The van der Waals surface area contributed by atoms with Crippen LogP contribution in [0.1, 0.15) is 51.5 Å². The number of halogens is 1. The lowest BCUT2D eigenvalue weighted by molar-refractivity contribution is -0.145. The van der Waals surface area contributed by atoms with Gasteiger partial charge in [-0.2, -0.15) is 0 Å². The molecule has 0 amide bonds.